The molecule has 2 heterocycles. The number of aliphatic hydroxyl groups is 1. The molecule has 3 aromatic rings. The number of anilines is 2. The van der Waals surface area contributed by atoms with Gasteiger partial charge < -0.3 is 31.3 Å². The molecule has 1 aromatic carbocycles. The zero-order valence-corrected chi connectivity index (χ0v) is 19.2. The van der Waals surface area contributed by atoms with Crippen molar-refractivity contribution in [2.24, 2.45) is 0 Å². The van der Waals surface area contributed by atoms with Gasteiger partial charge in [-0.05, 0) is 37.1 Å². The van der Waals surface area contributed by atoms with Crippen molar-refractivity contribution >= 4 is 40.6 Å². The van der Waals surface area contributed by atoms with Crippen LogP contribution in [0.15, 0.2) is 35.3 Å². The molecule has 0 saturated carbocycles. The van der Waals surface area contributed by atoms with E-state index in [1.165, 1.54) is 18.3 Å². The molecule has 1 unspecified atom stereocenters. The number of nitrogens with zero attached hydrogens (tertiary/aromatic N) is 4. The summed E-state index contributed by atoms with van der Waals surface area (Å²) in [5.41, 5.74) is 6.09. The molecular formula is C22H25N7O7. The molecule has 3 rings (SSSR count). The summed E-state index contributed by atoms with van der Waals surface area (Å²) in [6.45, 7) is 1.84. The summed E-state index contributed by atoms with van der Waals surface area (Å²) in [5, 5.41) is 30.9. The van der Waals surface area contributed by atoms with E-state index >= 15 is 0 Å². The van der Waals surface area contributed by atoms with Crippen molar-refractivity contribution in [2.45, 2.75) is 45.0 Å². The second-order valence-electron chi connectivity index (χ2n) is 7.85. The first kappa shape index (κ1) is 26.0. The van der Waals surface area contributed by atoms with Crippen LogP contribution >= 0.6 is 0 Å². The Kier molecular flexibility index (Phi) is 8.11. The number of aliphatic carboxylic acids is 2. The van der Waals surface area contributed by atoms with E-state index in [1.807, 2.05) is 0 Å². The molecule has 14 heteroatoms. The number of carboxylic acids is 2. The van der Waals surface area contributed by atoms with Crippen LogP contribution in [-0.4, -0.2) is 65.4 Å². The highest BCUT2D eigenvalue weighted by Gasteiger charge is 2.22. The fourth-order valence-corrected chi connectivity index (χ4v) is 3.38. The number of carbonyl (C=O) groups is 3. The maximum absolute atomic E-state index is 12.5. The van der Waals surface area contributed by atoms with Gasteiger partial charge in [0.05, 0.1) is 18.4 Å². The quantitative estimate of drug-likeness (QED) is 0.193. The van der Waals surface area contributed by atoms with Crippen LogP contribution in [-0.2, 0) is 16.1 Å². The zero-order valence-electron chi connectivity index (χ0n) is 19.2. The number of aromatic amines is 1. The molecule has 0 radical (unpaired) electrons. The summed E-state index contributed by atoms with van der Waals surface area (Å²) in [4.78, 5) is 63.0. The Hall–Kier alpha value is -4.59. The number of benzene rings is 1. The third kappa shape index (κ3) is 6.29. The van der Waals surface area contributed by atoms with Gasteiger partial charge in [0.2, 0.25) is 5.95 Å². The van der Waals surface area contributed by atoms with Crippen LogP contribution in [0, 0.1) is 0 Å². The van der Waals surface area contributed by atoms with E-state index in [0.29, 0.717) is 17.8 Å². The molecule has 7 N–H and O–H groups in total. The third-order valence-electron chi connectivity index (χ3n) is 5.25. The summed E-state index contributed by atoms with van der Waals surface area (Å²) >= 11 is 0. The van der Waals surface area contributed by atoms with Crippen LogP contribution in [0.2, 0.25) is 0 Å². The van der Waals surface area contributed by atoms with Gasteiger partial charge in [0.15, 0.2) is 11.2 Å². The molecule has 2 atom stereocenters. The molecule has 2 aromatic heterocycles. The fourth-order valence-electron chi connectivity index (χ4n) is 3.38. The van der Waals surface area contributed by atoms with E-state index in [9.17, 15) is 29.4 Å². The smallest absolute Gasteiger partial charge is 0.326 e. The van der Waals surface area contributed by atoms with Gasteiger partial charge in [0.1, 0.15) is 12.3 Å². The number of carboxylic acid groups (broad SMARTS) is 2. The number of aliphatic hydroxyl groups excluding tert-OH is 1. The Morgan fingerprint density at radius 2 is 1.86 bits per heavy atom. The van der Waals surface area contributed by atoms with Gasteiger partial charge in [0.25, 0.3) is 11.5 Å². The minimum Gasteiger partial charge on any atom is -0.481 e. The maximum Gasteiger partial charge on any atom is 0.326 e. The number of nitrogens with two attached hydrogens (primary N) is 1. The summed E-state index contributed by atoms with van der Waals surface area (Å²) < 4.78 is 0. The molecule has 0 fully saturated rings. The number of rotatable bonds is 11. The van der Waals surface area contributed by atoms with Gasteiger partial charge in [-0.15, -0.1) is 0 Å². The summed E-state index contributed by atoms with van der Waals surface area (Å²) in [6.07, 6.45) is 0.160. The topological polar surface area (TPSA) is 225 Å². The molecule has 0 saturated heterocycles. The second-order valence-corrected chi connectivity index (χ2v) is 7.85. The van der Waals surface area contributed by atoms with Crippen LogP contribution in [0.5, 0.6) is 0 Å². The highest BCUT2D eigenvalue weighted by atomic mass is 16.4. The lowest BCUT2D eigenvalue weighted by Crippen LogP contribution is -2.41. The number of carbonyl (C=O) groups excluding carboxylic acids is 1. The Morgan fingerprint density at radius 1 is 1.17 bits per heavy atom. The van der Waals surface area contributed by atoms with E-state index in [-0.39, 0.29) is 35.6 Å². The fraction of sp³-hybridized carbons (Fsp3) is 0.318. The molecular weight excluding hydrogens is 474 g/mol. The van der Waals surface area contributed by atoms with Crippen LogP contribution in [0.3, 0.4) is 0 Å². The van der Waals surface area contributed by atoms with Crippen molar-refractivity contribution in [3.8, 4) is 0 Å². The highest BCUT2D eigenvalue weighted by Crippen LogP contribution is 2.21. The van der Waals surface area contributed by atoms with E-state index < -0.39 is 42.1 Å². The number of amides is 1. The van der Waals surface area contributed by atoms with Gasteiger partial charge in [-0.3, -0.25) is 19.4 Å². The second kappa shape index (κ2) is 11.2. The van der Waals surface area contributed by atoms with E-state index in [4.69, 9.17) is 10.8 Å². The molecule has 0 bridgehead atoms. The molecule has 36 heavy (non-hydrogen) atoms. The standard InChI is InChI=1S/C22H25N7O7/c1-2-15(30)29(10-12-9-24-18-17(25-12)20(34)28-22(23)27-18)13-5-3-11(4-6-13)19(33)26-14(21(35)36)7-8-16(31)32/h3-6,9,14-15,30H,2,7-8,10H2,1H3,(H,26,33)(H,31,32)(H,35,36)(H3,23,24,27,28,34)/t14-,15?/m0/s1. The number of hydrogen-bond acceptors (Lipinski definition) is 10. The molecule has 0 aliphatic heterocycles. The number of nitrogens with one attached hydrogen (secondary N) is 2. The van der Waals surface area contributed by atoms with Crippen LogP contribution < -0.4 is 21.5 Å². The van der Waals surface area contributed by atoms with E-state index in [1.54, 1.807) is 24.0 Å². The monoisotopic (exact) mass is 499 g/mol. The van der Waals surface area contributed by atoms with Gasteiger partial charge in [-0.25, -0.2) is 14.8 Å². The van der Waals surface area contributed by atoms with Crippen molar-refractivity contribution in [1.29, 1.82) is 0 Å². The molecule has 1 amide bonds. The Labute approximate surface area is 203 Å². The minimum atomic E-state index is -1.36. The number of aromatic nitrogens is 4. The number of H-pyrrole nitrogens is 1. The van der Waals surface area contributed by atoms with Gasteiger partial charge in [-0.1, -0.05) is 6.92 Å². The first-order valence-corrected chi connectivity index (χ1v) is 10.9. The van der Waals surface area contributed by atoms with Crippen molar-refractivity contribution in [3.05, 3.63) is 52.1 Å². The first-order valence-electron chi connectivity index (χ1n) is 10.9. The number of fused-ring (bicyclic) bond motifs is 1. The van der Waals surface area contributed by atoms with Gasteiger partial charge in [0, 0.05) is 17.7 Å². The lowest BCUT2D eigenvalue weighted by molar-refractivity contribution is -0.140. The summed E-state index contributed by atoms with van der Waals surface area (Å²) in [5.74, 6) is -3.28. The van der Waals surface area contributed by atoms with Crippen molar-refractivity contribution < 1.29 is 29.7 Å². The SMILES string of the molecule is CCC(O)N(Cc1cnc2nc(N)[nH]c(=O)c2n1)c1ccc(C(=O)N[C@@H](CCC(=O)O)C(=O)O)cc1. The van der Waals surface area contributed by atoms with Crippen LogP contribution in [0.4, 0.5) is 11.6 Å². The van der Waals surface area contributed by atoms with Crippen molar-refractivity contribution in [1.82, 2.24) is 25.3 Å². The molecule has 0 aliphatic rings. The van der Waals surface area contributed by atoms with Crippen molar-refractivity contribution in [3.63, 3.8) is 0 Å². The molecule has 0 aliphatic carbocycles. The Bertz CT molecular complexity index is 1330. The third-order valence-corrected chi connectivity index (χ3v) is 5.25. The lowest BCUT2D eigenvalue weighted by Gasteiger charge is -2.29. The molecule has 0 spiro atoms. The van der Waals surface area contributed by atoms with Gasteiger partial charge >= 0.3 is 11.9 Å². The molecule has 14 nitrogen and oxygen atoms in total. The van der Waals surface area contributed by atoms with Crippen molar-refractivity contribution in [2.75, 3.05) is 10.6 Å². The number of nitrogen functional groups attached to an aromatic ring is 1. The average Bonchev–Trinajstić information content (AvgIpc) is 2.84. The summed E-state index contributed by atoms with van der Waals surface area (Å²) in [7, 11) is 0. The van der Waals surface area contributed by atoms with Crippen LogP contribution in [0.25, 0.3) is 11.2 Å². The predicted octanol–water partition coefficient (Wildman–Crippen LogP) is 0.0781. The first-order chi connectivity index (χ1) is 17.1. The van der Waals surface area contributed by atoms with Gasteiger partial charge in [-0.2, -0.15) is 4.98 Å². The Balaban J connectivity index is 1.80. The highest BCUT2D eigenvalue weighted by molar-refractivity contribution is 5.97. The van der Waals surface area contributed by atoms with E-state index in [2.05, 4.69) is 25.3 Å². The average molecular weight is 499 g/mol. The van der Waals surface area contributed by atoms with E-state index in [0.717, 1.165) is 0 Å². The molecule has 190 valence electrons. The largest absolute Gasteiger partial charge is 0.481 e. The minimum absolute atomic E-state index is 0.00413. The normalized spacial score (nSPS) is 12.6. The predicted molar refractivity (Wildman–Crippen MR) is 127 cm³/mol. The lowest BCUT2D eigenvalue weighted by atomic mass is 10.1. The Morgan fingerprint density at radius 3 is 2.47 bits per heavy atom. The zero-order chi connectivity index (χ0) is 26.4. The van der Waals surface area contributed by atoms with Crippen LogP contribution in [0.1, 0.15) is 42.2 Å². The maximum atomic E-state index is 12.5. The summed E-state index contributed by atoms with van der Waals surface area (Å²) in [6, 6.07) is 4.65. The number of hydrogen-bond donors (Lipinski definition) is 6.